The lowest BCUT2D eigenvalue weighted by Gasteiger charge is -2.11. The highest BCUT2D eigenvalue weighted by atomic mass is 79.9. The lowest BCUT2D eigenvalue weighted by Crippen LogP contribution is -2.13. The average molecular weight is 368 g/mol. The molecule has 0 bridgehead atoms. The molecule has 1 N–H and O–H groups in total. The Morgan fingerprint density at radius 1 is 1.38 bits per heavy atom. The quantitative estimate of drug-likeness (QED) is 0.749. The Balaban J connectivity index is 2.14. The number of rotatable bonds is 4. The fourth-order valence-corrected chi connectivity index (χ4v) is 2.43. The van der Waals surface area contributed by atoms with E-state index in [1.54, 1.807) is 12.3 Å². The number of carbonyl (C=O) groups excluding carboxylic acids is 1. The van der Waals surface area contributed by atoms with Crippen LogP contribution in [0.3, 0.4) is 0 Å². The van der Waals surface area contributed by atoms with Gasteiger partial charge in [-0.15, -0.1) is 0 Å². The molecule has 0 saturated carbocycles. The summed E-state index contributed by atoms with van der Waals surface area (Å²) < 4.78 is 0.712. The monoisotopic (exact) mass is 366 g/mol. The maximum absolute atomic E-state index is 12.2. The molecule has 0 fully saturated rings. The maximum atomic E-state index is 12.2. The van der Waals surface area contributed by atoms with Crippen molar-refractivity contribution in [3.63, 3.8) is 0 Å². The third-order valence-corrected chi connectivity index (χ3v) is 4.14. The van der Waals surface area contributed by atoms with Crippen molar-refractivity contribution in [3.8, 4) is 0 Å². The third kappa shape index (κ3) is 4.05. The molecule has 1 aromatic carbocycles. The summed E-state index contributed by atoms with van der Waals surface area (Å²) in [4.78, 5) is 16.2. The zero-order valence-electron chi connectivity index (χ0n) is 11.9. The van der Waals surface area contributed by atoms with Gasteiger partial charge in [0.05, 0.1) is 5.56 Å². The summed E-state index contributed by atoms with van der Waals surface area (Å²) in [6, 6.07) is 9.52. The van der Waals surface area contributed by atoms with Crippen molar-refractivity contribution in [1.29, 1.82) is 0 Å². The minimum absolute atomic E-state index is 0.187. The molecule has 110 valence electrons. The molecule has 1 unspecified atom stereocenters. The van der Waals surface area contributed by atoms with Gasteiger partial charge in [0.2, 0.25) is 0 Å². The normalized spacial score (nSPS) is 12.0. The van der Waals surface area contributed by atoms with E-state index in [2.05, 4.69) is 40.1 Å². The van der Waals surface area contributed by atoms with Crippen LogP contribution in [0, 0.1) is 0 Å². The van der Waals surface area contributed by atoms with Gasteiger partial charge in [0, 0.05) is 16.4 Å². The molecular formula is C16H16BrClN2O. The van der Waals surface area contributed by atoms with Gasteiger partial charge in [0.15, 0.2) is 0 Å². The molecule has 0 saturated heterocycles. The zero-order valence-corrected chi connectivity index (χ0v) is 14.2. The molecule has 0 radical (unpaired) electrons. The number of amides is 1. The van der Waals surface area contributed by atoms with E-state index in [1.165, 1.54) is 5.56 Å². The molecular weight excluding hydrogens is 352 g/mol. The second-order valence-corrected chi connectivity index (χ2v) is 6.15. The Labute approximate surface area is 137 Å². The predicted octanol–water partition coefficient (Wildman–Crippen LogP) is 5.26. The van der Waals surface area contributed by atoms with E-state index in [4.69, 9.17) is 11.6 Å². The smallest absolute Gasteiger partial charge is 0.258 e. The summed E-state index contributed by atoms with van der Waals surface area (Å²) in [5.41, 5.74) is 2.35. The standard InChI is InChI=1S/C16H16BrClN2O/c1-3-10(2)11-4-6-13(7-5-11)20-16(21)14-8-12(17)9-19-15(14)18/h4-10H,3H2,1-2H3,(H,20,21). The van der Waals surface area contributed by atoms with Crippen molar-refractivity contribution in [2.24, 2.45) is 0 Å². The lowest BCUT2D eigenvalue weighted by atomic mass is 9.98. The van der Waals surface area contributed by atoms with Crippen molar-refractivity contribution >= 4 is 39.1 Å². The second-order valence-electron chi connectivity index (χ2n) is 4.88. The number of carbonyl (C=O) groups is 1. The number of nitrogens with one attached hydrogen (secondary N) is 1. The molecule has 0 spiro atoms. The highest BCUT2D eigenvalue weighted by Crippen LogP contribution is 2.22. The summed E-state index contributed by atoms with van der Waals surface area (Å²) >= 11 is 9.23. The minimum Gasteiger partial charge on any atom is -0.322 e. The van der Waals surface area contributed by atoms with Crippen LogP contribution in [0.1, 0.15) is 42.1 Å². The number of benzene rings is 1. The van der Waals surface area contributed by atoms with Crippen LogP contribution in [0.2, 0.25) is 5.15 Å². The Morgan fingerprint density at radius 2 is 2.05 bits per heavy atom. The van der Waals surface area contributed by atoms with Crippen molar-refractivity contribution in [2.75, 3.05) is 5.32 Å². The first-order chi connectivity index (χ1) is 10.0. The number of nitrogens with zero attached hydrogens (tertiary/aromatic N) is 1. The van der Waals surface area contributed by atoms with Gasteiger partial charge in [0.1, 0.15) is 5.15 Å². The van der Waals surface area contributed by atoms with Crippen LogP contribution >= 0.6 is 27.5 Å². The van der Waals surface area contributed by atoms with Crippen LogP contribution in [0.5, 0.6) is 0 Å². The summed E-state index contributed by atoms with van der Waals surface area (Å²) in [7, 11) is 0. The van der Waals surface area contributed by atoms with Crippen molar-refractivity contribution in [1.82, 2.24) is 4.98 Å². The van der Waals surface area contributed by atoms with Gasteiger partial charge in [-0.2, -0.15) is 0 Å². The summed E-state index contributed by atoms with van der Waals surface area (Å²) in [5.74, 6) is 0.239. The molecule has 1 aromatic heterocycles. The SMILES string of the molecule is CCC(C)c1ccc(NC(=O)c2cc(Br)cnc2Cl)cc1. The van der Waals surface area contributed by atoms with Gasteiger partial charge < -0.3 is 5.32 Å². The van der Waals surface area contributed by atoms with E-state index < -0.39 is 0 Å². The van der Waals surface area contributed by atoms with Crippen LogP contribution in [0.15, 0.2) is 41.0 Å². The largest absolute Gasteiger partial charge is 0.322 e. The molecule has 0 aliphatic heterocycles. The van der Waals surface area contributed by atoms with Crippen molar-refractivity contribution in [2.45, 2.75) is 26.2 Å². The molecule has 21 heavy (non-hydrogen) atoms. The van der Waals surface area contributed by atoms with Crippen molar-refractivity contribution in [3.05, 3.63) is 57.3 Å². The first-order valence-corrected chi connectivity index (χ1v) is 7.90. The summed E-state index contributed by atoms with van der Waals surface area (Å²) in [6.07, 6.45) is 2.64. The number of hydrogen-bond acceptors (Lipinski definition) is 2. The van der Waals surface area contributed by atoms with Gasteiger partial charge in [-0.05, 0) is 52.0 Å². The predicted molar refractivity (Wildman–Crippen MR) is 90.0 cm³/mol. The Kier molecular flexibility index (Phi) is 5.37. The molecule has 0 aliphatic rings. The lowest BCUT2D eigenvalue weighted by molar-refractivity contribution is 0.102. The van der Waals surface area contributed by atoms with E-state index in [0.717, 1.165) is 12.1 Å². The maximum Gasteiger partial charge on any atom is 0.258 e. The Bertz CT molecular complexity index is 643. The van der Waals surface area contributed by atoms with Crippen LogP contribution in [-0.2, 0) is 0 Å². The van der Waals surface area contributed by atoms with E-state index in [1.807, 2.05) is 24.3 Å². The fourth-order valence-electron chi connectivity index (χ4n) is 1.91. The molecule has 1 amide bonds. The van der Waals surface area contributed by atoms with Crippen LogP contribution in [0.4, 0.5) is 5.69 Å². The Hall–Kier alpha value is -1.39. The van der Waals surface area contributed by atoms with Crippen LogP contribution < -0.4 is 5.32 Å². The highest BCUT2D eigenvalue weighted by molar-refractivity contribution is 9.10. The van der Waals surface area contributed by atoms with Crippen LogP contribution in [-0.4, -0.2) is 10.9 Å². The first kappa shape index (κ1) is 16.0. The number of halogens is 2. The molecule has 2 aromatic rings. The van der Waals surface area contributed by atoms with E-state index in [9.17, 15) is 4.79 Å². The second kappa shape index (κ2) is 7.05. The topological polar surface area (TPSA) is 42.0 Å². The van der Waals surface area contributed by atoms with Crippen molar-refractivity contribution < 1.29 is 4.79 Å². The first-order valence-electron chi connectivity index (χ1n) is 6.73. The zero-order chi connectivity index (χ0) is 15.4. The van der Waals surface area contributed by atoms with Gasteiger partial charge in [-0.25, -0.2) is 4.98 Å². The molecule has 1 heterocycles. The molecule has 3 nitrogen and oxygen atoms in total. The number of anilines is 1. The molecule has 5 heteroatoms. The molecule has 1 atom stereocenters. The fraction of sp³-hybridized carbons (Fsp3) is 0.250. The summed E-state index contributed by atoms with van der Waals surface area (Å²) in [5, 5.41) is 3.01. The molecule has 2 rings (SSSR count). The van der Waals surface area contributed by atoms with Gasteiger partial charge in [0.25, 0.3) is 5.91 Å². The summed E-state index contributed by atoms with van der Waals surface area (Å²) in [6.45, 7) is 4.34. The van der Waals surface area contributed by atoms with Gasteiger partial charge in [-0.3, -0.25) is 4.79 Å². The number of pyridine rings is 1. The average Bonchev–Trinajstić information content (AvgIpc) is 2.49. The van der Waals surface area contributed by atoms with Gasteiger partial charge in [-0.1, -0.05) is 37.6 Å². The van der Waals surface area contributed by atoms with E-state index in [-0.39, 0.29) is 11.1 Å². The number of aromatic nitrogens is 1. The van der Waals surface area contributed by atoms with Gasteiger partial charge >= 0.3 is 0 Å². The Morgan fingerprint density at radius 3 is 2.67 bits per heavy atom. The highest BCUT2D eigenvalue weighted by Gasteiger charge is 2.12. The third-order valence-electron chi connectivity index (χ3n) is 3.40. The van der Waals surface area contributed by atoms with E-state index >= 15 is 0 Å². The number of hydrogen-bond donors (Lipinski definition) is 1. The van der Waals surface area contributed by atoms with E-state index in [0.29, 0.717) is 16.0 Å². The molecule has 0 aliphatic carbocycles. The van der Waals surface area contributed by atoms with Crippen LogP contribution in [0.25, 0.3) is 0 Å². The minimum atomic E-state index is -0.273.